The highest BCUT2D eigenvalue weighted by atomic mass is 35.5. The van der Waals surface area contributed by atoms with Gasteiger partial charge < -0.3 is 10.1 Å². The topological polar surface area (TPSA) is 86.3 Å². The van der Waals surface area contributed by atoms with E-state index in [-0.39, 0.29) is 5.91 Å². The molecule has 0 radical (unpaired) electrons. The molecule has 1 fully saturated rings. The second kappa shape index (κ2) is 9.23. The summed E-state index contributed by atoms with van der Waals surface area (Å²) in [5.74, 6) is 0.372. The Morgan fingerprint density at radius 3 is 2.94 bits per heavy atom. The van der Waals surface area contributed by atoms with Gasteiger partial charge in [0.2, 0.25) is 0 Å². The van der Waals surface area contributed by atoms with Crippen molar-refractivity contribution in [3.05, 3.63) is 59.6 Å². The number of halogens is 1. The molecule has 8 nitrogen and oxygen atoms in total. The van der Waals surface area contributed by atoms with Crippen molar-refractivity contribution in [3.8, 4) is 17.0 Å². The lowest BCUT2D eigenvalue weighted by molar-refractivity contribution is 0.102. The molecular formula is C24H25ClN6O2. The fourth-order valence-electron chi connectivity index (χ4n) is 4.36. The van der Waals surface area contributed by atoms with Gasteiger partial charge >= 0.3 is 0 Å². The standard InChI is InChI=1S/C24H25ClN6O2/c1-2-33-21-10-9-16(25)13-18(21)22-20(15-31(29-22)17-7-4-3-5-8-17)28-24(32)19-14-27-30-12-6-11-26-23(19)30/h6,9-15,17H,2-5,7-8H2,1H3,(H,28,32). The molecule has 1 amide bonds. The number of benzene rings is 1. The fourth-order valence-corrected chi connectivity index (χ4v) is 4.53. The monoisotopic (exact) mass is 464 g/mol. The van der Waals surface area contributed by atoms with Gasteiger partial charge in [-0.3, -0.25) is 9.48 Å². The molecular weight excluding hydrogens is 440 g/mol. The first-order valence-corrected chi connectivity index (χ1v) is 11.6. The van der Waals surface area contributed by atoms with Crippen molar-refractivity contribution in [2.75, 3.05) is 11.9 Å². The third-order valence-electron chi connectivity index (χ3n) is 5.95. The maximum Gasteiger partial charge on any atom is 0.261 e. The number of ether oxygens (including phenoxy) is 1. The number of rotatable bonds is 6. The van der Waals surface area contributed by atoms with Gasteiger partial charge in [0.25, 0.3) is 5.91 Å². The minimum absolute atomic E-state index is 0.298. The maximum atomic E-state index is 13.2. The molecule has 170 valence electrons. The maximum absolute atomic E-state index is 13.2. The predicted molar refractivity (Wildman–Crippen MR) is 127 cm³/mol. The van der Waals surface area contributed by atoms with Crippen LogP contribution in [0.1, 0.15) is 55.4 Å². The Hall–Kier alpha value is -3.39. The first-order valence-electron chi connectivity index (χ1n) is 11.3. The van der Waals surface area contributed by atoms with Gasteiger partial charge in [0.15, 0.2) is 5.65 Å². The number of carbonyl (C=O) groups excluding carboxylic acids is 1. The molecule has 1 aromatic carbocycles. The molecule has 5 rings (SSSR count). The van der Waals surface area contributed by atoms with Crippen molar-refractivity contribution in [3.63, 3.8) is 0 Å². The number of anilines is 1. The molecule has 0 atom stereocenters. The van der Waals surface area contributed by atoms with Crippen LogP contribution in [0.4, 0.5) is 5.69 Å². The van der Waals surface area contributed by atoms with Crippen LogP contribution in [0, 0.1) is 0 Å². The zero-order chi connectivity index (χ0) is 22.8. The van der Waals surface area contributed by atoms with E-state index in [0.717, 1.165) is 18.4 Å². The number of hydrogen-bond acceptors (Lipinski definition) is 5. The number of amides is 1. The lowest BCUT2D eigenvalue weighted by atomic mass is 9.96. The van der Waals surface area contributed by atoms with E-state index in [1.807, 2.05) is 29.9 Å². The number of hydrogen-bond donors (Lipinski definition) is 1. The minimum Gasteiger partial charge on any atom is -0.493 e. The first-order chi connectivity index (χ1) is 16.1. The van der Waals surface area contributed by atoms with Gasteiger partial charge in [0.1, 0.15) is 17.0 Å². The van der Waals surface area contributed by atoms with Gasteiger partial charge in [0, 0.05) is 29.2 Å². The number of aromatic nitrogens is 5. The average molecular weight is 465 g/mol. The normalized spacial score (nSPS) is 14.5. The molecule has 33 heavy (non-hydrogen) atoms. The van der Waals surface area contributed by atoms with Crippen molar-refractivity contribution in [1.29, 1.82) is 0 Å². The third kappa shape index (κ3) is 4.30. The number of nitrogens with zero attached hydrogens (tertiary/aromatic N) is 5. The smallest absolute Gasteiger partial charge is 0.261 e. The van der Waals surface area contributed by atoms with E-state index < -0.39 is 0 Å². The molecule has 0 saturated heterocycles. The van der Waals surface area contributed by atoms with E-state index in [1.54, 1.807) is 29.0 Å². The van der Waals surface area contributed by atoms with E-state index >= 15 is 0 Å². The molecule has 0 unspecified atom stereocenters. The van der Waals surface area contributed by atoms with E-state index in [4.69, 9.17) is 21.4 Å². The van der Waals surface area contributed by atoms with Gasteiger partial charge in [-0.05, 0) is 44.0 Å². The lowest BCUT2D eigenvalue weighted by Gasteiger charge is -2.21. The van der Waals surface area contributed by atoms with Gasteiger partial charge in [-0.2, -0.15) is 10.2 Å². The van der Waals surface area contributed by atoms with Crippen LogP contribution in [-0.2, 0) is 0 Å². The Labute approximate surface area is 196 Å². The van der Waals surface area contributed by atoms with E-state index in [0.29, 0.717) is 46.0 Å². The van der Waals surface area contributed by atoms with Crippen molar-refractivity contribution in [1.82, 2.24) is 24.4 Å². The van der Waals surface area contributed by atoms with Gasteiger partial charge in [-0.25, -0.2) is 9.50 Å². The summed E-state index contributed by atoms with van der Waals surface area (Å²) in [6, 6.07) is 7.52. The molecule has 1 aliphatic rings. The number of fused-ring (bicyclic) bond motifs is 1. The summed E-state index contributed by atoms with van der Waals surface area (Å²) in [4.78, 5) is 17.5. The van der Waals surface area contributed by atoms with Crippen LogP contribution < -0.4 is 10.1 Å². The zero-order valence-electron chi connectivity index (χ0n) is 18.4. The van der Waals surface area contributed by atoms with Gasteiger partial charge in [-0.15, -0.1) is 0 Å². The SMILES string of the molecule is CCOc1ccc(Cl)cc1-c1nn(C2CCCCC2)cc1NC(=O)c1cnn2cccnc12. The Bertz CT molecular complexity index is 1290. The van der Waals surface area contributed by atoms with Crippen molar-refractivity contribution in [2.24, 2.45) is 0 Å². The van der Waals surface area contributed by atoms with Crippen LogP contribution in [0.3, 0.4) is 0 Å². The molecule has 9 heteroatoms. The lowest BCUT2D eigenvalue weighted by Crippen LogP contribution is -2.13. The largest absolute Gasteiger partial charge is 0.493 e. The summed E-state index contributed by atoms with van der Waals surface area (Å²) in [5.41, 5.74) is 2.86. The van der Waals surface area contributed by atoms with Crippen molar-refractivity contribution >= 4 is 28.8 Å². The summed E-state index contributed by atoms with van der Waals surface area (Å²) in [6.07, 6.45) is 12.6. The molecule has 1 aliphatic carbocycles. The predicted octanol–water partition coefficient (Wildman–Crippen LogP) is 5.40. The van der Waals surface area contributed by atoms with Crippen LogP contribution in [0.15, 0.2) is 49.1 Å². The number of nitrogens with one attached hydrogen (secondary N) is 1. The highest BCUT2D eigenvalue weighted by molar-refractivity contribution is 6.31. The van der Waals surface area contributed by atoms with E-state index in [9.17, 15) is 4.79 Å². The minimum atomic E-state index is -0.298. The van der Waals surface area contributed by atoms with Crippen molar-refractivity contribution < 1.29 is 9.53 Å². The molecule has 0 aliphatic heterocycles. The fraction of sp³-hybridized carbons (Fsp3) is 0.333. The summed E-state index contributed by atoms with van der Waals surface area (Å²) >= 11 is 6.33. The Morgan fingerprint density at radius 2 is 2.12 bits per heavy atom. The number of carbonyl (C=O) groups is 1. The molecule has 1 saturated carbocycles. The first kappa shape index (κ1) is 21.5. The molecule has 3 heterocycles. The Balaban J connectivity index is 1.56. The second-order valence-corrected chi connectivity index (χ2v) is 8.57. The van der Waals surface area contributed by atoms with E-state index in [1.165, 1.54) is 25.5 Å². The summed E-state index contributed by atoms with van der Waals surface area (Å²) in [7, 11) is 0. The zero-order valence-corrected chi connectivity index (χ0v) is 19.1. The Morgan fingerprint density at radius 1 is 1.27 bits per heavy atom. The molecule has 4 aromatic rings. The van der Waals surface area contributed by atoms with Gasteiger partial charge in [0.05, 0.1) is 24.5 Å². The van der Waals surface area contributed by atoms with Crippen LogP contribution in [0.5, 0.6) is 5.75 Å². The quantitative estimate of drug-likeness (QED) is 0.412. The van der Waals surface area contributed by atoms with Crippen molar-refractivity contribution in [2.45, 2.75) is 45.1 Å². The Kier molecular flexibility index (Phi) is 6.00. The third-order valence-corrected chi connectivity index (χ3v) is 6.18. The van der Waals surface area contributed by atoms with Gasteiger partial charge in [-0.1, -0.05) is 30.9 Å². The van der Waals surface area contributed by atoms with Crippen LogP contribution in [-0.4, -0.2) is 36.9 Å². The van der Waals surface area contributed by atoms with Crippen LogP contribution in [0.2, 0.25) is 5.02 Å². The summed E-state index contributed by atoms with van der Waals surface area (Å²) in [5, 5.41) is 12.7. The molecule has 1 N–H and O–H groups in total. The molecule has 0 spiro atoms. The highest BCUT2D eigenvalue weighted by Crippen LogP contribution is 2.38. The summed E-state index contributed by atoms with van der Waals surface area (Å²) in [6.45, 7) is 2.44. The van der Waals surface area contributed by atoms with E-state index in [2.05, 4.69) is 15.4 Å². The van der Waals surface area contributed by atoms with Crippen LogP contribution in [0.25, 0.3) is 16.9 Å². The second-order valence-electron chi connectivity index (χ2n) is 8.14. The summed E-state index contributed by atoms with van der Waals surface area (Å²) < 4.78 is 9.40. The molecule has 3 aromatic heterocycles. The average Bonchev–Trinajstić information content (AvgIpc) is 3.45. The van der Waals surface area contributed by atoms with Crippen LogP contribution >= 0.6 is 11.6 Å². The highest BCUT2D eigenvalue weighted by Gasteiger charge is 2.24. The molecule has 0 bridgehead atoms.